The lowest BCUT2D eigenvalue weighted by Gasteiger charge is -2.29. The van der Waals surface area contributed by atoms with E-state index >= 15 is 0 Å². The first-order valence-corrected chi connectivity index (χ1v) is 12.0. The maximum absolute atomic E-state index is 14.6. The lowest BCUT2D eigenvalue weighted by Crippen LogP contribution is -2.39. The van der Waals surface area contributed by atoms with Crippen molar-refractivity contribution in [2.24, 2.45) is 0 Å². The minimum absolute atomic E-state index is 0.140. The van der Waals surface area contributed by atoms with Crippen LogP contribution in [0.5, 0.6) is 5.75 Å². The molecule has 188 valence electrons. The predicted molar refractivity (Wildman–Crippen MR) is 134 cm³/mol. The number of esters is 1. The molecule has 0 aliphatic carbocycles. The second-order valence-electron chi connectivity index (χ2n) is 8.50. The van der Waals surface area contributed by atoms with Gasteiger partial charge < -0.3 is 14.6 Å². The van der Waals surface area contributed by atoms with Gasteiger partial charge in [-0.15, -0.1) is 0 Å². The Balaban J connectivity index is 1.39. The third-order valence-corrected chi connectivity index (χ3v) is 6.52. The van der Waals surface area contributed by atoms with Gasteiger partial charge in [0.2, 0.25) is 0 Å². The van der Waals surface area contributed by atoms with Gasteiger partial charge in [0, 0.05) is 21.7 Å². The van der Waals surface area contributed by atoms with E-state index < -0.39 is 23.2 Å². The zero-order valence-corrected chi connectivity index (χ0v) is 20.9. The summed E-state index contributed by atoms with van der Waals surface area (Å²) in [5, 5.41) is 15.4. The van der Waals surface area contributed by atoms with Gasteiger partial charge in [0.1, 0.15) is 48.9 Å². The van der Waals surface area contributed by atoms with Crippen LogP contribution in [-0.2, 0) is 21.7 Å². The van der Waals surface area contributed by atoms with E-state index in [9.17, 15) is 18.7 Å². The Hall–Kier alpha value is -3.89. The molecule has 4 aromatic rings. The van der Waals surface area contributed by atoms with Crippen LogP contribution in [0.4, 0.5) is 8.78 Å². The van der Waals surface area contributed by atoms with E-state index in [0.717, 1.165) is 21.7 Å². The number of cyclic esters (lactones) is 1. The number of rotatable bonds is 8. The molecule has 0 saturated carbocycles. The van der Waals surface area contributed by atoms with Crippen molar-refractivity contribution in [3.63, 3.8) is 0 Å². The number of halogens is 3. The molecule has 1 aliphatic rings. The van der Waals surface area contributed by atoms with Crippen LogP contribution in [0.15, 0.2) is 83.9 Å². The lowest BCUT2D eigenvalue weighted by atomic mass is 9.93. The highest BCUT2D eigenvalue weighted by Gasteiger charge is 2.35. The fourth-order valence-electron chi connectivity index (χ4n) is 4.15. The molecule has 1 unspecified atom stereocenters. The third-order valence-electron chi connectivity index (χ3n) is 5.99. The molecule has 2 heterocycles. The van der Waals surface area contributed by atoms with E-state index in [-0.39, 0.29) is 25.3 Å². The minimum atomic E-state index is -1.88. The summed E-state index contributed by atoms with van der Waals surface area (Å²) < 4.78 is 41.5. The molecule has 0 spiro atoms. The fraction of sp³-hybridized carbons (Fsp3) is 0.148. The Morgan fingerprint density at radius 2 is 1.78 bits per heavy atom. The molecule has 0 bridgehead atoms. The van der Waals surface area contributed by atoms with Crippen LogP contribution in [0, 0.1) is 11.6 Å². The molecular formula is C27H20BrF2N3O4. The van der Waals surface area contributed by atoms with Gasteiger partial charge in [-0.3, -0.25) is 0 Å². The van der Waals surface area contributed by atoms with Crippen molar-refractivity contribution in [3.05, 3.63) is 112 Å². The van der Waals surface area contributed by atoms with Crippen LogP contribution in [0.25, 0.3) is 11.1 Å². The molecule has 0 fully saturated rings. The number of hydrogen-bond donors (Lipinski definition) is 1. The van der Waals surface area contributed by atoms with Crippen molar-refractivity contribution in [1.29, 1.82) is 0 Å². The molecule has 1 aromatic heterocycles. The number of nitrogens with zero attached hydrogens (tertiary/aromatic N) is 3. The van der Waals surface area contributed by atoms with Crippen LogP contribution in [-0.4, -0.2) is 39.1 Å². The summed E-state index contributed by atoms with van der Waals surface area (Å²) in [6.07, 6.45) is 2.66. The molecule has 1 atom stereocenters. The summed E-state index contributed by atoms with van der Waals surface area (Å²) in [5.41, 5.74) is 0.750. The summed E-state index contributed by atoms with van der Waals surface area (Å²) in [5.74, 6) is -1.71. The van der Waals surface area contributed by atoms with Crippen LogP contribution in [0.2, 0.25) is 0 Å². The smallest absolute Gasteiger partial charge is 0.339 e. The molecule has 37 heavy (non-hydrogen) atoms. The molecule has 10 heteroatoms. The molecule has 0 amide bonds. The molecule has 7 nitrogen and oxygen atoms in total. The second kappa shape index (κ2) is 10.2. The molecule has 0 radical (unpaired) electrons. The van der Waals surface area contributed by atoms with Crippen LogP contribution in [0.1, 0.15) is 16.7 Å². The average molecular weight is 568 g/mol. The van der Waals surface area contributed by atoms with Crippen LogP contribution >= 0.6 is 15.9 Å². The highest BCUT2D eigenvalue weighted by Crippen LogP contribution is 2.34. The Kier molecular flexibility index (Phi) is 6.86. The van der Waals surface area contributed by atoms with Crippen LogP contribution < -0.4 is 4.74 Å². The highest BCUT2D eigenvalue weighted by atomic mass is 79.9. The first-order valence-electron chi connectivity index (χ1n) is 11.2. The lowest BCUT2D eigenvalue weighted by molar-refractivity contribution is -0.133. The van der Waals surface area contributed by atoms with Crippen LogP contribution in [0.3, 0.4) is 0 Å². The number of ether oxygens (including phenoxy) is 2. The second-order valence-corrected chi connectivity index (χ2v) is 9.41. The normalized spacial score (nSPS) is 15.0. The van der Waals surface area contributed by atoms with Crippen molar-refractivity contribution in [3.8, 4) is 5.75 Å². The molecule has 1 aliphatic heterocycles. The van der Waals surface area contributed by atoms with Crippen molar-refractivity contribution < 1.29 is 28.2 Å². The zero-order valence-electron chi connectivity index (χ0n) is 19.3. The van der Waals surface area contributed by atoms with Crippen molar-refractivity contribution in [2.75, 3.05) is 13.2 Å². The number of hydrogen-bond acceptors (Lipinski definition) is 6. The fourth-order valence-corrected chi connectivity index (χ4v) is 4.42. The van der Waals surface area contributed by atoms with E-state index in [0.29, 0.717) is 23.0 Å². The first-order chi connectivity index (χ1) is 17.8. The van der Waals surface area contributed by atoms with E-state index in [1.54, 1.807) is 24.3 Å². The Bertz CT molecular complexity index is 1460. The Morgan fingerprint density at radius 1 is 1.05 bits per heavy atom. The number of carbonyl (C=O) groups is 1. The largest absolute Gasteiger partial charge is 0.490 e. The highest BCUT2D eigenvalue weighted by molar-refractivity contribution is 9.10. The van der Waals surface area contributed by atoms with Gasteiger partial charge >= 0.3 is 5.97 Å². The third kappa shape index (κ3) is 5.30. The maximum atomic E-state index is 14.6. The molecule has 1 N–H and O–H groups in total. The quantitative estimate of drug-likeness (QED) is 0.309. The SMILES string of the molecule is O=C1OCC(c2ccc(Br)cc2)=C1c1ccc(OCC(O)(Cn2cncn2)c2ccc(F)cc2F)cc1. The summed E-state index contributed by atoms with van der Waals surface area (Å²) in [6.45, 7) is -0.362. The van der Waals surface area contributed by atoms with Gasteiger partial charge in [-0.1, -0.05) is 46.3 Å². The number of benzene rings is 3. The van der Waals surface area contributed by atoms with Gasteiger partial charge in [0.15, 0.2) is 0 Å². The Morgan fingerprint density at radius 3 is 2.46 bits per heavy atom. The minimum Gasteiger partial charge on any atom is -0.490 e. The van der Waals surface area contributed by atoms with E-state index in [1.807, 2.05) is 24.3 Å². The summed E-state index contributed by atoms with van der Waals surface area (Å²) in [4.78, 5) is 16.3. The van der Waals surface area contributed by atoms with Gasteiger partial charge in [0.25, 0.3) is 0 Å². The summed E-state index contributed by atoms with van der Waals surface area (Å²) in [7, 11) is 0. The maximum Gasteiger partial charge on any atom is 0.339 e. The number of aliphatic hydroxyl groups is 1. The average Bonchev–Trinajstić information content (AvgIpc) is 3.53. The zero-order chi connectivity index (χ0) is 26.0. The Labute approximate surface area is 219 Å². The monoisotopic (exact) mass is 567 g/mol. The first kappa shape index (κ1) is 24.8. The predicted octanol–water partition coefficient (Wildman–Crippen LogP) is 4.75. The van der Waals surface area contributed by atoms with Gasteiger partial charge in [-0.2, -0.15) is 5.10 Å². The summed E-state index contributed by atoms with van der Waals surface area (Å²) >= 11 is 3.41. The number of carbonyl (C=O) groups excluding carboxylic acids is 1. The molecule has 3 aromatic carbocycles. The van der Waals surface area contributed by atoms with Gasteiger partial charge in [0.05, 0.1) is 12.1 Å². The standard InChI is InChI=1S/C27H20BrF2N3O4/c28-19-5-1-17(2-6-19)22-12-36-26(34)25(22)18-3-8-21(9-4-18)37-14-27(35,13-33-16-31-15-32-33)23-10-7-20(29)11-24(23)30/h1-11,15-16,35H,12-14H2. The van der Waals surface area contributed by atoms with E-state index in [4.69, 9.17) is 9.47 Å². The molecular weight excluding hydrogens is 548 g/mol. The number of aromatic nitrogens is 3. The van der Waals surface area contributed by atoms with E-state index in [1.165, 1.54) is 23.4 Å². The van der Waals surface area contributed by atoms with Gasteiger partial charge in [-0.25, -0.2) is 23.2 Å². The van der Waals surface area contributed by atoms with Crippen molar-refractivity contribution >= 4 is 33.0 Å². The van der Waals surface area contributed by atoms with E-state index in [2.05, 4.69) is 26.0 Å². The molecule has 5 rings (SSSR count). The van der Waals surface area contributed by atoms with Crippen molar-refractivity contribution in [1.82, 2.24) is 14.8 Å². The summed E-state index contributed by atoms with van der Waals surface area (Å²) in [6, 6.07) is 17.3. The molecule has 0 saturated heterocycles. The topological polar surface area (TPSA) is 86.5 Å². The van der Waals surface area contributed by atoms with Crippen molar-refractivity contribution in [2.45, 2.75) is 12.1 Å². The van der Waals surface area contributed by atoms with Gasteiger partial charge in [-0.05, 0) is 41.5 Å².